The van der Waals surface area contributed by atoms with Gasteiger partial charge in [0.2, 0.25) is 5.91 Å². The largest absolute Gasteiger partial charge is 0.341 e. The zero-order chi connectivity index (χ0) is 16.4. The van der Waals surface area contributed by atoms with E-state index in [-0.39, 0.29) is 11.9 Å². The first-order valence-corrected chi connectivity index (χ1v) is 10.4. The van der Waals surface area contributed by atoms with Gasteiger partial charge in [0.1, 0.15) is 4.21 Å². The maximum absolute atomic E-state index is 12.5. The van der Waals surface area contributed by atoms with Gasteiger partial charge in [-0.25, -0.2) is 8.42 Å². The smallest absolute Gasteiger partial charge is 0.252 e. The highest BCUT2D eigenvalue weighted by molar-refractivity contribution is 7.91. The highest BCUT2D eigenvalue weighted by Gasteiger charge is 2.33. The van der Waals surface area contributed by atoms with Gasteiger partial charge in [-0.1, -0.05) is 6.07 Å². The van der Waals surface area contributed by atoms with Crippen LogP contribution in [0, 0.1) is 0 Å². The average Bonchev–Trinajstić information content (AvgIpc) is 3.26. The summed E-state index contributed by atoms with van der Waals surface area (Å²) in [4.78, 5) is 16.5. The van der Waals surface area contributed by atoms with Crippen LogP contribution in [-0.2, 0) is 14.8 Å². The van der Waals surface area contributed by atoms with E-state index in [4.69, 9.17) is 0 Å². The molecule has 1 amide bonds. The lowest BCUT2D eigenvalue weighted by Crippen LogP contribution is -2.55. The molecular weight excluding hydrogens is 334 g/mol. The van der Waals surface area contributed by atoms with Gasteiger partial charge < -0.3 is 4.90 Å². The molecule has 6 nitrogen and oxygen atoms in total. The van der Waals surface area contributed by atoms with E-state index in [1.807, 2.05) is 11.8 Å². The molecule has 0 N–H and O–H groups in total. The molecule has 0 spiro atoms. The molecule has 2 saturated heterocycles. The molecule has 128 valence electrons. The molecule has 0 aliphatic carbocycles. The molecule has 0 radical (unpaired) electrons. The summed E-state index contributed by atoms with van der Waals surface area (Å²) in [6.45, 7) is 5.74. The Balaban J connectivity index is 1.59. The van der Waals surface area contributed by atoms with Crippen LogP contribution in [-0.4, -0.2) is 73.7 Å². The van der Waals surface area contributed by atoms with Gasteiger partial charge in [-0.05, 0) is 31.2 Å². The van der Waals surface area contributed by atoms with Gasteiger partial charge in [-0.2, -0.15) is 4.31 Å². The molecular formula is C15H23N3O3S2. The summed E-state index contributed by atoms with van der Waals surface area (Å²) < 4.78 is 26.9. The first kappa shape index (κ1) is 16.9. The van der Waals surface area contributed by atoms with Crippen LogP contribution in [0.25, 0.3) is 0 Å². The molecule has 0 bridgehead atoms. The minimum absolute atomic E-state index is 0.167. The third-order valence-electron chi connectivity index (χ3n) is 4.69. The third kappa shape index (κ3) is 3.45. The zero-order valence-electron chi connectivity index (χ0n) is 13.3. The van der Waals surface area contributed by atoms with E-state index in [2.05, 4.69) is 4.90 Å². The van der Waals surface area contributed by atoms with Crippen LogP contribution in [0.3, 0.4) is 0 Å². The molecule has 1 atom stereocenters. The summed E-state index contributed by atoms with van der Waals surface area (Å²) in [6, 6.07) is 3.23. The first-order chi connectivity index (χ1) is 11.0. The van der Waals surface area contributed by atoms with Gasteiger partial charge in [0, 0.05) is 39.3 Å². The van der Waals surface area contributed by atoms with E-state index in [1.165, 1.54) is 15.6 Å². The number of hydrogen-bond donors (Lipinski definition) is 0. The lowest BCUT2D eigenvalue weighted by Gasteiger charge is -2.37. The van der Waals surface area contributed by atoms with Crippen LogP contribution >= 0.6 is 11.3 Å². The number of likely N-dealkylation sites (tertiary alicyclic amines) is 1. The Morgan fingerprint density at radius 3 is 2.35 bits per heavy atom. The van der Waals surface area contributed by atoms with Gasteiger partial charge in [0.05, 0.1) is 6.04 Å². The normalized spacial score (nSPS) is 22.4. The Labute approximate surface area is 141 Å². The SMILES string of the molecule is C[C@@H](C(=O)N1CCCC1)N1CCN(S(=O)(=O)c2cccs2)CC1. The van der Waals surface area contributed by atoms with Crippen LogP contribution < -0.4 is 0 Å². The van der Waals surface area contributed by atoms with E-state index in [9.17, 15) is 13.2 Å². The maximum Gasteiger partial charge on any atom is 0.252 e. The van der Waals surface area contributed by atoms with Crippen LogP contribution in [0.4, 0.5) is 0 Å². The van der Waals surface area contributed by atoms with Crippen molar-refractivity contribution in [2.24, 2.45) is 0 Å². The van der Waals surface area contributed by atoms with E-state index < -0.39 is 10.0 Å². The van der Waals surface area contributed by atoms with E-state index in [0.717, 1.165) is 25.9 Å². The molecule has 2 aliphatic heterocycles. The monoisotopic (exact) mass is 357 g/mol. The number of carbonyl (C=O) groups is 1. The predicted molar refractivity (Wildman–Crippen MR) is 89.9 cm³/mol. The number of rotatable bonds is 4. The lowest BCUT2D eigenvalue weighted by atomic mass is 10.2. The molecule has 3 rings (SSSR count). The Morgan fingerprint density at radius 2 is 1.78 bits per heavy atom. The molecule has 23 heavy (non-hydrogen) atoms. The summed E-state index contributed by atoms with van der Waals surface area (Å²) in [5, 5.41) is 1.78. The fraction of sp³-hybridized carbons (Fsp3) is 0.667. The van der Waals surface area contributed by atoms with Gasteiger partial charge >= 0.3 is 0 Å². The second-order valence-corrected chi connectivity index (χ2v) is 9.19. The average molecular weight is 358 g/mol. The summed E-state index contributed by atoms with van der Waals surface area (Å²) in [7, 11) is -3.37. The van der Waals surface area contributed by atoms with Gasteiger partial charge in [-0.3, -0.25) is 9.69 Å². The summed E-state index contributed by atoms with van der Waals surface area (Å²) in [6.07, 6.45) is 2.18. The minimum Gasteiger partial charge on any atom is -0.341 e. The number of amides is 1. The molecule has 0 unspecified atom stereocenters. The van der Waals surface area contributed by atoms with Crippen molar-refractivity contribution in [2.75, 3.05) is 39.3 Å². The van der Waals surface area contributed by atoms with Crippen molar-refractivity contribution in [2.45, 2.75) is 30.0 Å². The summed E-state index contributed by atoms with van der Waals surface area (Å²) in [5.41, 5.74) is 0. The number of hydrogen-bond acceptors (Lipinski definition) is 5. The van der Waals surface area contributed by atoms with Crippen LogP contribution in [0.2, 0.25) is 0 Å². The van der Waals surface area contributed by atoms with E-state index >= 15 is 0 Å². The Bertz CT molecular complexity index is 631. The topological polar surface area (TPSA) is 60.9 Å². The molecule has 8 heteroatoms. The fourth-order valence-electron chi connectivity index (χ4n) is 3.23. The highest BCUT2D eigenvalue weighted by Crippen LogP contribution is 2.23. The van der Waals surface area contributed by atoms with Crippen LogP contribution in [0.5, 0.6) is 0 Å². The van der Waals surface area contributed by atoms with Crippen molar-refractivity contribution in [3.05, 3.63) is 17.5 Å². The Morgan fingerprint density at radius 1 is 1.13 bits per heavy atom. The Hall–Kier alpha value is -0.960. The standard InChI is InChI=1S/C15H23N3O3S2/c1-13(15(19)17-6-2-3-7-17)16-8-10-18(11-9-16)23(20,21)14-5-4-12-22-14/h4-5,12-13H,2-3,6-11H2,1H3/t13-/m0/s1. The van der Waals surface area contributed by atoms with Crippen LogP contribution in [0.1, 0.15) is 19.8 Å². The van der Waals surface area contributed by atoms with E-state index in [0.29, 0.717) is 30.4 Å². The Kier molecular flexibility index (Phi) is 5.05. The molecule has 1 aromatic heterocycles. The van der Waals surface area contributed by atoms with Crippen molar-refractivity contribution in [3.8, 4) is 0 Å². The molecule has 0 saturated carbocycles. The van der Waals surface area contributed by atoms with Crippen molar-refractivity contribution in [3.63, 3.8) is 0 Å². The van der Waals surface area contributed by atoms with Gasteiger partial charge in [0.25, 0.3) is 10.0 Å². The summed E-state index contributed by atoms with van der Waals surface area (Å²) >= 11 is 1.25. The van der Waals surface area contributed by atoms with Crippen LogP contribution in [0.15, 0.2) is 21.7 Å². The number of sulfonamides is 1. The van der Waals surface area contributed by atoms with E-state index in [1.54, 1.807) is 17.5 Å². The lowest BCUT2D eigenvalue weighted by molar-refractivity contribution is -0.135. The molecule has 2 aliphatic rings. The quantitative estimate of drug-likeness (QED) is 0.809. The predicted octanol–water partition coefficient (Wildman–Crippen LogP) is 1.07. The second kappa shape index (κ2) is 6.88. The van der Waals surface area contributed by atoms with Gasteiger partial charge in [0.15, 0.2) is 0 Å². The first-order valence-electron chi connectivity index (χ1n) is 8.06. The van der Waals surface area contributed by atoms with Crippen molar-refractivity contribution >= 4 is 27.3 Å². The molecule has 0 aromatic carbocycles. The summed E-state index contributed by atoms with van der Waals surface area (Å²) in [5.74, 6) is 0.178. The number of carbonyl (C=O) groups excluding carboxylic acids is 1. The number of nitrogens with zero attached hydrogens (tertiary/aromatic N) is 3. The fourth-order valence-corrected chi connectivity index (χ4v) is 5.79. The third-order valence-corrected chi connectivity index (χ3v) is 7.96. The number of thiophene rings is 1. The van der Waals surface area contributed by atoms with Crippen molar-refractivity contribution < 1.29 is 13.2 Å². The number of piperazine rings is 1. The molecule has 2 fully saturated rings. The van der Waals surface area contributed by atoms with Crippen molar-refractivity contribution in [1.29, 1.82) is 0 Å². The minimum atomic E-state index is -3.37. The maximum atomic E-state index is 12.5. The highest BCUT2D eigenvalue weighted by atomic mass is 32.2. The molecule has 3 heterocycles. The van der Waals surface area contributed by atoms with Crippen molar-refractivity contribution in [1.82, 2.24) is 14.1 Å². The molecule has 1 aromatic rings. The second-order valence-electron chi connectivity index (χ2n) is 6.08. The zero-order valence-corrected chi connectivity index (χ0v) is 15.0. The van der Waals surface area contributed by atoms with Gasteiger partial charge in [-0.15, -0.1) is 11.3 Å².